The molecule has 0 saturated heterocycles. The molecule has 0 fully saturated rings. The quantitative estimate of drug-likeness (QED) is 0.281. The number of hydrogen-bond acceptors (Lipinski definition) is 4. The molecule has 1 aromatic heterocycles. The van der Waals surface area contributed by atoms with Gasteiger partial charge in [0.15, 0.2) is 0 Å². The maximum absolute atomic E-state index is 13.8. The van der Waals surface area contributed by atoms with E-state index in [-0.39, 0.29) is 6.54 Å². The first-order chi connectivity index (χ1) is 16.5. The summed E-state index contributed by atoms with van der Waals surface area (Å²) in [6.07, 6.45) is -3.76. The van der Waals surface area contributed by atoms with Crippen molar-refractivity contribution in [3.63, 3.8) is 0 Å². The fourth-order valence-corrected chi connectivity index (χ4v) is 3.83. The molecule has 0 saturated carbocycles. The van der Waals surface area contributed by atoms with Crippen molar-refractivity contribution >= 4 is 34.0 Å². The number of carbonyl (C=O) groups is 1. The molecule has 0 spiro atoms. The number of halogens is 4. The molecule has 4 rings (SSSR count). The SMILES string of the molecule is Cc1ccc(F)cc1Nc1cc(NCCC(F)(F)F)c2ncn(-c3ccc(C(N)=O)c(C)c3)c2c1. The number of carbonyl (C=O) groups excluding carboxylic acids is 1. The zero-order chi connectivity index (χ0) is 25.3. The van der Waals surface area contributed by atoms with Gasteiger partial charge in [-0.25, -0.2) is 9.37 Å². The Balaban J connectivity index is 1.80. The third-order valence-electron chi connectivity index (χ3n) is 5.61. The third kappa shape index (κ3) is 5.37. The summed E-state index contributed by atoms with van der Waals surface area (Å²) in [4.78, 5) is 16.0. The highest BCUT2D eigenvalue weighted by atomic mass is 19.4. The number of aromatic nitrogens is 2. The third-order valence-corrected chi connectivity index (χ3v) is 5.61. The summed E-state index contributed by atoms with van der Waals surface area (Å²) in [5.74, 6) is -0.963. The van der Waals surface area contributed by atoms with Crippen LogP contribution in [0.4, 0.5) is 34.6 Å². The van der Waals surface area contributed by atoms with Crippen LogP contribution >= 0.6 is 0 Å². The van der Waals surface area contributed by atoms with E-state index < -0.39 is 24.3 Å². The monoisotopic (exact) mass is 485 g/mol. The number of anilines is 3. The maximum Gasteiger partial charge on any atom is 0.390 e. The van der Waals surface area contributed by atoms with Crippen molar-refractivity contribution in [2.75, 3.05) is 17.2 Å². The summed E-state index contributed by atoms with van der Waals surface area (Å²) in [7, 11) is 0. The first-order valence-corrected chi connectivity index (χ1v) is 10.8. The minimum Gasteiger partial charge on any atom is -0.383 e. The van der Waals surface area contributed by atoms with Crippen LogP contribution in [0.5, 0.6) is 0 Å². The Kier molecular flexibility index (Phi) is 6.38. The highest BCUT2D eigenvalue weighted by molar-refractivity contribution is 5.95. The van der Waals surface area contributed by atoms with E-state index in [1.54, 1.807) is 54.2 Å². The van der Waals surface area contributed by atoms with E-state index in [2.05, 4.69) is 15.6 Å². The van der Waals surface area contributed by atoms with Crippen LogP contribution in [0.1, 0.15) is 27.9 Å². The number of alkyl halides is 3. The molecule has 6 nitrogen and oxygen atoms in total. The molecule has 1 heterocycles. The van der Waals surface area contributed by atoms with Crippen LogP contribution in [-0.4, -0.2) is 28.2 Å². The highest BCUT2D eigenvalue weighted by Crippen LogP contribution is 2.32. The van der Waals surface area contributed by atoms with E-state index in [1.165, 1.54) is 12.1 Å². The van der Waals surface area contributed by atoms with E-state index in [0.717, 1.165) is 5.56 Å². The van der Waals surface area contributed by atoms with Crippen molar-refractivity contribution in [1.82, 2.24) is 9.55 Å². The number of rotatable bonds is 7. The van der Waals surface area contributed by atoms with Gasteiger partial charge in [-0.15, -0.1) is 0 Å². The van der Waals surface area contributed by atoms with Gasteiger partial charge >= 0.3 is 6.18 Å². The van der Waals surface area contributed by atoms with Crippen molar-refractivity contribution < 1.29 is 22.4 Å². The number of imidazole rings is 1. The van der Waals surface area contributed by atoms with Gasteiger partial charge in [0.05, 0.1) is 17.6 Å². The van der Waals surface area contributed by atoms with Crippen LogP contribution in [0.2, 0.25) is 0 Å². The summed E-state index contributed by atoms with van der Waals surface area (Å²) in [6, 6.07) is 12.8. The molecule has 0 aliphatic rings. The van der Waals surface area contributed by atoms with Crippen LogP contribution in [-0.2, 0) is 0 Å². The fourth-order valence-electron chi connectivity index (χ4n) is 3.83. The lowest BCUT2D eigenvalue weighted by Crippen LogP contribution is -2.14. The van der Waals surface area contributed by atoms with E-state index in [1.807, 2.05) is 6.92 Å². The standard InChI is InChI=1S/C25H23F4N5O/c1-14-3-4-16(26)10-20(14)33-17-11-21(31-8-7-25(27,28)29)23-22(12-17)34(13-32-23)18-5-6-19(24(30)35)15(2)9-18/h3-6,9-13,31,33H,7-8H2,1-2H3,(H2,30,35). The number of amides is 1. The smallest absolute Gasteiger partial charge is 0.383 e. The van der Waals surface area contributed by atoms with Gasteiger partial charge in [-0.3, -0.25) is 9.36 Å². The average molecular weight is 485 g/mol. The molecular formula is C25H23F4N5O. The second kappa shape index (κ2) is 9.28. The summed E-state index contributed by atoms with van der Waals surface area (Å²) >= 11 is 0. The molecule has 4 N–H and O–H groups in total. The van der Waals surface area contributed by atoms with Crippen LogP contribution in [0.15, 0.2) is 54.9 Å². The van der Waals surface area contributed by atoms with Crippen molar-refractivity contribution in [1.29, 1.82) is 0 Å². The lowest BCUT2D eigenvalue weighted by molar-refractivity contribution is -0.131. The van der Waals surface area contributed by atoms with E-state index >= 15 is 0 Å². The van der Waals surface area contributed by atoms with Gasteiger partial charge in [0.25, 0.3) is 0 Å². The molecule has 10 heteroatoms. The molecule has 0 radical (unpaired) electrons. The van der Waals surface area contributed by atoms with Gasteiger partial charge in [0, 0.05) is 29.2 Å². The molecular weight excluding hydrogens is 462 g/mol. The average Bonchev–Trinajstić information content (AvgIpc) is 3.19. The predicted molar refractivity (Wildman–Crippen MR) is 128 cm³/mol. The summed E-state index contributed by atoms with van der Waals surface area (Å²) in [5.41, 5.74) is 10.5. The Labute approximate surface area is 198 Å². The Bertz CT molecular complexity index is 1410. The minimum absolute atomic E-state index is 0.333. The molecule has 1 amide bonds. The molecule has 4 aromatic rings. The van der Waals surface area contributed by atoms with Crippen molar-refractivity contribution in [3.8, 4) is 5.69 Å². The van der Waals surface area contributed by atoms with Gasteiger partial charge < -0.3 is 16.4 Å². The van der Waals surface area contributed by atoms with Gasteiger partial charge in [-0.1, -0.05) is 6.07 Å². The number of nitrogens with zero attached hydrogens (tertiary/aromatic N) is 2. The van der Waals surface area contributed by atoms with Crippen LogP contribution in [0.25, 0.3) is 16.7 Å². The molecule has 0 aliphatic heterocycles. The normalized spacial score (nSPS) is 11.6. The summed E-state index contributed by atoms with van der Waals surface area (Å²) in [5, 5.41) is 5.98. The number of benzene rings is 3. The molecule has 3 aromatic carbocycles. The lowest BCUT2D eigenvalue weighted by Gasteiger charge is -2.15. The Hall–Kier alpha value is -4.08. The van der Waals surface area contributed by atoms with Crippen molar-refractivity contribution in [3.05, 3.63) is 77.4 Å². The Morgan fingerprint density at radius 3 is 2.49 bits per heavy atom. The molecule has 0 unspecified atom stereocenters. The predicted octanol–water partition coefficient (Wildman–Crippen LogP) is 5.99. The number of aryl methyl sites for hydroxylation is 2. The Morgan fingerprint density at radius 1 is 1.03 bits per heavy atom. The first kappa shape index (κ1) is 24.1. The number of primary amides is 1. The zero-order valence-electron chi connectivity index (χ0n) is 19.0. The van der Waals surface area contributed by atoms with Crippen molar-refractivity contribution in [2.45, 2.75) is 26.4 Å². The highest BCUT2D eigenvalue weighted by Gasteiger charge is 2.26. The lowest BCUT2D eigenvalue weighted by atomic mass is 10.1. The van der Waals surface area contributed by atoms with Crippen molar-refractivity contribution in [2.24, 2.45) is 5.73 Å². The number of hydrogen-bond donors (Lipinski definition) is 3. The van der Waals surface area contributed by atoms with Crippen LogP contribution < -0.4 is 16.4 Å². The molecule has 182 valence electrons. The van der Waals surface area contributed by atoms with E-state index in [0.29, 0.717) is 44.9 Å². The fraction of sp³-hybridized carbons (Fsp3) is 0.200. The van der Waals surface area contributed by atoms with E-state index in [4.69, 9.17) is 5.73 Å². The Morgan fingerprint density at radius 2 is 1.80 bits per heavy atom. The van der Waals surface area contributed by atoms with Gasteiger partial charge in [-0.2, -0.15) is 13.2 Å². The van der Waals surface area contributed by atoms with E-state index in [9.17, 15) is 22.4 Å². The largest absolute Gasteiger partial charge is 0.390 e. The first-order valence-electron chi connectivity index (χ1n) is 10.8. The zero-order valence-corrected chi connectivity index (χ0v) is 19.0. The number of nitrogens with one attached hydrogen (secondary N) is 2. The van der Waals surface area contributed by atoms with Gasteiger partial charge in [0.2, 0.25) is 5.91 Å². The van der Waals surface area contributed by atoms with Crippen LogP contribution in [0.3, 0.4) is 0 Å². The summed E-state index contributed by atoms with van der Waals surface area (Å²) in [6.45, 7) is 3.24. The summed E-state index contributed by atoms with van der Waals surface area (Å²) < 4.78 is 53.8. The van der Waals surface area contributed by atoms with Gasteiger partial charge in [-0.05, 0) is 67.4 Å². The maximum atomic E-state index is 13.8. The number of nitrogens with two attached hydrogens (primary N) is 1. The van der Waals surface area contributed by atoms with Crippen LogP contribution in [0, 0.1) is 19.7 Å². The number of fused-ring (bicyclic) bond motifs is 1. The topological polar surface area (TPSA) is 85.0 Å². The molecule has 0 aliphatic carbocycles. The second-order valence-corrected chi connectivity index (χ2v) is 8.25. The molecule has 0 atom stereocenters. The molecule has 35 heavy (non-hydrogen) atoms. The second-order valence-electron chi connectivity index (χ2n) is 8.25. The van der Waals surface area contributed by atoms with Gasteiger partial charge in [0.1, 0.15) is 17.7 Å². The molecule has 0 bridgehead atoms. The minimum atomic E-state index is -4.31.